The second-order valence-corrected chi connectivity index (χ2v) is 8.71. The lowest BCUT2D eigenvalue weighted by atomic mass is 9.89. The van der Waals surface area contributed by atoms with Gasteiger partial charge in [0.25, 0.3) is 5.91 Å². The predicted molar refractivity (Wildman–Crippen MR) is 124 cm³/mol. The van der Waals surface area contributed by atoms with Crippen LogP contribution in [0.15, 0.2) is 59.6 Å². The molecule has 2 heterocycles. The van der Waals surface area contributed by atoms with Crippen LogP contribution in [0.4, 0.5) is 5.69 Å². The van der Waals surface area contributed by atoms with Crippen molar-refractivity contribution in [1.82, 2.24) is 4.57 Å². The van der Waals surface area contributed by atoms with Crippen LogP contribution in [0.1, 0.15) is 29.4 Å². The summed E-state index contributed by atoms with van der Waals surface area (Å²) in [6.45, 7) is 3.23. The van der Waals surface area contributed by atoms with Crippen molar-refractivity contribution in [3.8, 4) is 0 Å². The molecule has 0 fully saturated rings. The number of aliphatic imine (C=N–C) groups is 1. The molecule has 1 aliphatic heterocycles. The first-order valence-electron chi connectivity index (χ1n) is 9.97. The molecular weight excluding hydrogens is 396 g/mol. The Bertz CT molecular complexity index is 1110. The third-order valence-electron chi connectivity index (χ3n) is 5.50. The quantitative estimate of drug-likeness (QED) is 0.624. The highest BCUT2D eigenvalue weighted by molar-refractivity contribution is 8.13. The fourth-order valence-electron chi connectivity index (χ4n) is 3.84. The van der Waals surface area contributed by atoms with E-state index in [2.05, 4.69) is 17.2 Å². The van der Waals surface area contributed by atoms with Crippen molar-refractivity contribution in [3.63, 3.8) is 0 Å². The number of carbonyl (C=O) groups is 1. The Hall–Kier alpha value is -2.77. The zero-order valence-electron chi connectivity index (χ0n) is 17.2. The normalized spacial score (nSPS) is 18.9. The van der Waals surface area contributed by atoms with Gasteiger partial charge in [0.1, 0.15) is 5.69 Å². The van der Waals surface area contributed by atoms with Gasteiger partial charge in [-0.1, -0.05) is 42.1 Å². The third-order valence-corrected chi connectivity index (χ3v) is 6.30. The number of amides is 1. The maximum absolute atomic E-state index is 13.2. The molecule has 7 heteroatoms. The monoisotopic (exact) mass is 422 g/mol. The topological polar surface area (TPSA) is 81.6 Å². The summed E-state index contributed by atoms with van der Waals surface area (Å²) in [6.07, 6.45) is 0.904. The molecule has 1 unspecified atom stereocenters. The molecule has 2 aromatic carbocycles. The zero-order valence-corrected chi connectivity index (χ0v) is 18.0. The second kappa shape index (κ2) is 8.53. The van der Waals surface area contributed by atoms with Gasteiger partial charge in [0.15, 0.2) is 5.17 Å². The summed E-state index contributed by atoms with van der Waals surface area (Å²) in [5, 5.41) is 4.70. The van der Waals surface area contributed by atoms with E-state index in [9.17, 15) is 4.79 Å². The Kier molecular flexibility index (Phi) is 5.83. The van der Waals surface area contributed by atoms with E-state index in [1.54, 1.807) is 18.9 Å². The Morgan fingerprint density at radius 3 is 2.90 bits per heavy atom. The second-order valence-electron chi connectivity index (χ2n) is 7.59. The molecule has 0 spiro atoms. The number of fused-ring (bicyclic) bond motifs is 1. The van der Waals surface area contributed by atoms with E-state index >= 15 is 0 Å². The van der Waals surface area contributed by atoms with Gasteiger partial charge in [-0.2, -0.15) is 0 Å². The van der Waals surface area contributed by atoms with Gasteiger partial charge in [0, 0.05) is 36.0 Å². The Labute approximate surface area is 180 Å². The molecule has 156 valence electrons. The number of benzene rings is 2. The van der Waals surface area contributed by atoms with Crippen molar-refractivity contribution in [1.29, 1.82) is 0 Å². The minimum absolute atomic E-state index is 0.146. The molecule has 0 saturated carbocycles. The fourth-order valence-corrected chi connectivity index (χ4v) is 4.82. The Morgan fingerprint density at radius 2 is 2.10 bits per heavy atom. The highest BCUT2D eigenvalue weighted by atomic mass is 32.2. The summed E-state index contributed by atoms with van der Waals surface area (Å²) in [7, 11) is 1.66. The van der Waals surface area contributed by atoms with E-state index in [1.165, 1.54) is 0 Å². The molecule has 1 atom stereocenters. The number of nitrogens with one attached hydrogen (secondary N) is 1. The molecule has 1 amide bonds. The summed E-state index contributed by atoms with van der Waals surface area (Å²) in [4.78, 5) is 17.8. The van der Waals surface area contributed by atoms with Crippen molar-refractivity contribution in [2.45, 2.75) is 25.4 Å². The van der Waals surface area contributed by atoms with Crippen LogP contribution in [0.3, 0.4) is 0 Å². The van der Waals surface area contributed by atoms with Crippen molar-refractivity contribution in [2.24, 2.45) is 10.7 Å². The largest absolute Gasteiger partial charge is 0.383 e. The number of para-hydroxylation sites is 1. The van der Waals surface area contributed by atoms with Crippen LogP contribution < -0.4 is 11.1 Å². The Morgan fingerprint density at radius 1 is 1.27 bits per heavy atom. The first-order chi connectivity index (χ1) is 14.5. The summed E-state index contributed by atoms with van der Waals surface area (Å²) in [6, 6.07) is 17.8. The van der Waals surface area contributed by atoms with Crippen LogP contribution in [0.5, 0.6) is 0 Å². The number of nitrogens with two attached hydrogens (primary N) is 1. The number of carbonyl (C=O) groups excluding carboxylic acids is 1. The molecule has 0 aliphatic carbocycles. The Balaban J connectivity index is 1.63. The highest BCUT2D eigenvalue weighted by Crippen LogP contribution is 2.36. The van der Waals surface area contributed by atoms with Gasteiger partial charge < -0.3 is 20.4 Å². The minimum atomic E-state index is -0.372. The van der Waals surface area contributed by atoms with Crippen molar-refractivity contribution in [3.05, 3.63) is 65.9 Å². The molecule has 4 rings (SSSR count). The first kappa shape index (κ1) is 20.5. The van der Waals surface area contributed by atoms with Crippen molar-refractivity contribution >= 4 is 39.4 Å². The average molecular weight is 423 g/mol. The lowest BCUT2D eigenvalue weighted by Gasteiger charge is -2.30. The van der Waals surface area contributed by atoms with Gasteiger partial charge in [-0.3, -0.25) is 9.79 Å². The number of aromatic nitrogens is 1. The summed E-state index contributed by atoms with van der Waals surface area (Å²) in [5.74, 6) is 0.786. The predicted octanol–water partition coefficient (Wildman–Crippen LogP) is 4.21. The van der Waals surface area contributed by atoms with E-state index in [0.717, 1.165) is 34.3 Å². The smallest absolute Gasteiger partial charge is 0.272 e. The highest BCUT2D eigenvalue weighted by Gasteiger charge is 2.29. The number of ether oxygens (including phenoxy) is 1. The van der Waals surface area contributed by atoms with Crippen molar-refractivity contribution < 1.29 is 9.53 Å². The molecule has 3 aromatic rings. The first-order valence-corrected chi connectivity index (χ1v) is 11.0. The van der Waals surface area contributed by atoms with Gasteiger partial charge >= 0.3 is 0 Å². The van der Waals surface area contributed by atoms with E-state index in [-0.39, 0.29) is 11.4 Å². The molecule has 6 nitrogen and oxygen atoms in total. The van der Waals surface area contributed by atoms with Gasteiger partial charge in [-0.05, 0) is 43.2 Å². The van der Waals surface area contributed by atoms with Gasteiger partial charge in [0.2, 0.25) is 0 Å². The number of methoxy groups -OCH3 is 1. The fraction of sp³-hybridized carbons (Fsp3) is 0.304. The van der Waals surface area contributed by atoms with E-state index < -0.39 is 0 Å². The molecule has 0 radical (unpaired) electrons. The molecule has 1 aromatic heterocycles. The maximum atomic E-state index is 13.2. The number of amidine groups is 1. The van der Waals surface area contributed by atoms with E-state index in [0.29, 0.717) is 24.0 Å². The molecular formula is C23H26N4O2S. The van der Waals surface area contributed by atoms with Gasteiger partial charge in [0.05, 0.1) is 12.1 Å². The van der Waals surface area contributed by atoms with Crippen LogP contribution in [0.25, 0.3) is 10.9 Å². The van der Waals surface area contributed by atoms with Gasteiger partial charge in [-0.15, -0.1) is 0 Å². The van der Waals surface area contributed by atoms with Gasteiger partial charge in [-0.25, -0.2) is 0 Å². The van der Waals surface area contributed by atoms with Crippen molar-refractivity contribution in [2.75, 3.05) is 24.8 Å². The maximum Gasteiger partial charge on any atom is 0.272 e. The van der Waals surface area contributed by atoms with Crippen LogP contribution >= 0.6 is 11.8 Å². The summed E-state index contributed by atoms with van der Waals surface area (Å²) < 4.78 is 7.25. The van der Waals surface area contributed by atoms with Crippen LogP contribution in [0.2, 0.25) is 0 Å². The number of anilines is 1. The lowest BCUT2D eigenvalue weighted by molar-refractivity contribution is 0.101. The van der Waals surface area contributed by atoms with E-state index in [1.807, 2.05) is 59.2 Å². The molecule has 1 aliphatic rings. The lowest BCUT2D eigenvalue weighted by Crippen LogP contribution is -2.28. The average Bonchev–Trinajstić information content (AvgIpc) is 3.11. The van der Waals surface area contributed by atoms with E-state index in [4.69, 9.17) is 10.5 Å². The summed E-state index contributed by atoms with van der Waals surface area (Å²) >= 11 is 1.58. The number of hydrogen-bond donors (Lipinski definition) is 2. The van der Waals surface area contributed by atoms with Crippen LogP contribution in [-0.2, 0) is 16.8 Å². The van der Waals surface area contributed by atoms with Crippen LogP contribution in [0, 0.1) is 0 Å². The molecule has 3 N–H and O–H groups in total. The number of hydrogen-bond acceptors (Lipinski definition) is 5. The number of thioether (sulfide) groups is 1. The molecule has 0 saturated heterocycles. The molecule has 30 heavy (non-hydrogen) atoms. The molecule has 0 bridgehead atoms. The standard InChI is InChI=1S/C23H26N4O2S/c1-23(10-13-30-22(24)26-23)17-7-5-8-18(15-17)25-21(28)20-14-16-6-3-4-9-19(16)27(20)11-12-29-2/h3-9,14-15H,10-13H2,1-2H3,(H2,24,26)(H,25,28). The minimum Gasteiger partial charge on any atom is -0.383 e. The number of rotatable bonds is 6. The summed E-state index contributed by atoms with van der Waals surface area (Å²) in [5.41, 5.74) is 9.02. The number of nitrogens with zero attached hydrogens (tertiary/aromatic N) is 2. The SMILES string of the molecule is COCCn1c(C(=O)Nc2cccc(C3(C)CCSC(N)=N3)c2)cc2ccccc21. The van der Waals surface area contributed by atoms with Crippen LogP contribution in [-0.4, -0.2) is 35.1 Å². The zero-order chi connectivity index (χ0) is 21.1. The third kappa shape index (κ3) is 4.08.